The Morgan fingerprint density at radius 3 is 1.60 bits per heavy atom. The minimum atomic E-state index is 2.12. The summed E-state index contributed by atoms with van der Waals surface area (Å²) < 4.78 is 0. The van der Waals surface area contributed by atoms with Crippen molar-refractivity contribution in [2.75, 3.05) is 0 Å². The number of hydrogen-bond donors (Lipinski definition) is 1. The molecule has 0 atom stereocenters. The number of hydrogen-bond acceptors (Lipinski definition) is 2. The molecule has 0 aromatic heterocycles. The lowest BCUT2D eigenvalue weighted by Crippen LogP contribution is -1.30. The minimum Gasteiger partial charge on any atom is -0.411 e. The van der Waals surface area contributed by atoms with Crippen LogP contribution in [0.1, 0.15) is 0 Å². The molecule has 0 aliphatic carbocycles. The summed E-state index contributed by atoms with van der Waals surface area (Å²) in [7, 11) is 0. The molecule has 0 radical (unpaired) electrons. The molecule has 1 N–H and O–H groups in total. The van der Waals surface area contributed by atoms with Crippen LogP contribution >= 0.6 is 37.2 Å². The van der Waals surface area contributed by atoms with Crippen molar-refractivity contribution in [3.05, 3.63) is 0 Å². The molecule has 32 valence electrons. The summed E-state index contributed by atoms with van der Waals surface area (Å²) in [4.78, 5) is 0. The van der Waals surface area contributed by atoms with Gasteiger partial charge in [0, 0.05) is 43.9 Å². The number of halogens is 2. The Labute approximate surface area is 53.9 Å². The number of oxime groups is 1. The summed E-state index contributed by atoms with van der Waals surface area (Å²) in [5.41, 5.74) is 0. The topological polar surface area (TPSA) is 32.6 Å². The van der Waals surface area contributed by atoms with Gasteiger partial charge in [-0.15, -0.1) is 5.16 Å². The van der Waals surface area contributed by atoms with Crippen LogP contribution in [0.2, 0.25) is 0 Å². The summed E-state index contributed by atoms with van der Waals surface area (Å²) in [5.74, 6) is 0. The SMILES string of the molecule is C=NO.II. The Bertz CT molecular complexity index is 17.1. The summed E-state index contributed by atoms with van der Waals surface area (Å²) in [6.45, 7) is 2.67. The minimum absolute atomic E-state index is 2.12. The van der Waals surface area contributed by atoms with Crippen LogP contribution in [0.4, 0.5) is 0 Å². The normalized spacial score (nSPS) is 3.60. The number of rotatable bonds is 0. The fourth-order valence-electron chi connectivity index (χ4n) is 0. The van der Waals surface area contributed by atoms with E-state index in [1.54, 1.807) is 0 Å². The highest BCUT2D eigenvalue weighted by Gasteiger charge is 1.06. The Balaban J connectivity index is 0. The molecule has 0 fully saturated rings. The first-order valence-electron chi connectivity index (χ1n) is 0.659. The van der Waals surface area contributed by atoms with Gasteiger partial charge in [-0.2, -0.15) is 0 Å². The van der Waals surface area contributed by atoms with Crippen molar-refractivity contribution in [3.63, 3.8) is 0 Å². The van der Waals surface area contributed by atoms with Crippen molar-refractivity contribution < 1.29 is 5.21 Å². The maximum Gasteiger partial charge on any atom is 0.0298 e. The van der Waals surface area contributed by atoms with E-state index in [1.807, 2.05) is 0 Å². The van der Waals surface area contributed by atoms with E-state index >= 15 is 0 Å². The molecule has 0 heterocycles. The lowest BCUT2D eigenvalue weighted by atomic mass is 11.8. The molecule has 0 aromatic rings. The zero-order valence-electron chi connectivity index (χ0n) is 2.36. The average molecular weight is 299 g/mol. The van der Waals surface area contributed by atoms with Crippen molar-refractivity contribution in [2.24, 2.45) is 5.16 Å². The molecule has 0 spiro atoms. The van der Waals surface area contributed by atoms with E-state index in [1.165, 1.54) is 0 Å². The highest BCUT2D eigenvalue weighted by molar-refractivity contribution is 15.0. The highest BCUT2D eigenvalue weighted by Crippen LogP contribution is 1.89. The van der Waals surface area contributed by atoms with Gasteiger partial charge in [0.2, 0.25) is 0 Å². The fraction of sp³-hybridized carbons (Fsp3) is 0. The van der Waals surface area contributed by atoms with Gasteiger partial charge in [0.05, 0.1) is 0 Å². The monoisotopic (exact) mass is 299 g/mol. The standard InChI is InChI=1S/CH3NO.I2/c1-2-3;1-2/h3H,1H2;. The summed E-state index contributed by atoms with van der Waals surface area (Å²) >= 11 is 4.24. The van der Waals surface area contributed by atoms with Gasteiger partial charge in [-0.3, -0.25) is 0 Å². The fourth-order valence-corrected chi connectivity index (χ4v) is 0. The highest BCUT2D eigenvalue weighted by atomic mass is 128. The van der Waals surface area contributed by atoms with Gasteiger partial charge in [-0.25, -0.2) is 0 Å². The van der Waals surface area contributed by atoms with Crippen LogP contribution in [0.5, 0.6) is 0 Å². The lowest BCUT2D eigenvalue weighted by Gasteiger charge is -1.43. The average Bonchev–Trinajstić information content (AvgIpc) is 1.46. The van der Waals surface area contributed by atoms with Gasteiger partial charge in [0.1, 0.15) is 0 Å². The first kappa shape index (κ1) is 9.33. The second-order valence-electron chi connectivity index (χ2n) is 0.141. The maximum absolute atomic E-state index is 7.08. The summed E-state index contributed by atoms with van der Waals surface area (Å²) in [6, 6.07) is 0. The zero-order chi connectivity index (χ0) is 4.71. The van der Waals surface area contributed by atoms with Crippen molar-refractivity contribution in [1.82, 2.24) is 0 Å². The predicted octanol–water partition coefficient (Wildman–Crippen LogP) is 1.85. The largest absolute Gasteiger partial charge is 0.411 e. The van der Waals surface area contributed by atoms with Gasteiger partial charge < -0.3 is 5.21 Å². The zero-order valence-corrected chi connectivity index (χ0v) is 6.67. The van der Waals surface area contributed by atoms with Crippen LogP contribution in [-0.4, -0.2) is 11.9 Å². The second-order valence-corrected chi connectivity index (χ2v) is 0.141. The van der Waals surface area contributed by atoms with E-state index < -0.39 is 0 Å². The van der Waals surface area contributed by atoms with E-state index in [4.69, 9.17) is 5.21 Å². The molecule has 0 saturated carbocycles. The third-order valence-electron chi connectivity index (χ3n) is 0. The lowest BCUT2D eigenvalue weighted by molar-refractivity contribution is 0.323. The van der Waals surface area contributed by atoms with Crippen LogP contribution in [0.3, 0.4) is 0 Å². The van der Waals surface area contributed by atoms with Crippen LogP contribution in [0.15, 0.2) is 5.16 Å². The first-order chi connectivity index (χ1) is 2.41. The van der Waals surface area contributed by atoms with Gasteiger partial charge in [-0.05, 0) is 0 Å². The van der Waals surface area contributed by atoms with Crippen LogP contribution in [0.25, 0.3) is 0 Å². The van der Waals surface area contributed by atoms with Crippen LogP contribution in [0, 0.1) is 0 Å². The second kappa shape index (κ2) is 20.4. The molecule has 0 amide bonds. The molecule has 0 saturated heterocycles. The predicted molar refractivity (Wildman–Crippen MR) is 39.4 cm³/mol. The molecule has 0 rings (SSSR count). The Morgan fingerprint density at radius 2 is 1.60 bits per heavy atom. The van der Waals surface area contributed by atoms with Gasteiger partial charge >= 0.3 is 0 Å². The molecule has 5 heavy (non-hydrogen) atoms. The molecule has 2 nitrogen and oxygen atoms in total. The molecule has 0 bridgehead atoms. The molecule has 0 unspecified atom stereocenters. The van der Waals surface area contributed by atoms with Crippen molar-refractivity contribution in [1.29, 1.82) is 0 Å². The third-order valence-corrected chi connectivity index (χ3v) is 0. The van der Waals surface area contributed by atoms with Crippen molar-refractivity contribution >= 4 is 43.9 Å². The van der Waals surface area contributed by atoms with Crippen LogP contribution in [-0.2, 0) is 0 Å². The van der Waals surface area contributed by atoms with Crippen molar-refractivity contribution in [2.45, 2.75) is 0 Å². The van der Waals surface area contributed by atoms with Gasteiger partial charge in [0.15, 0.2) is 0 Å². The van der Waals surface area contributed by atoms with E-state index in [-0.39, 0.29) is 0 Å². The van der Waals surface area contributed by atoms with Crippen molar-refractivity contribution in [3.8, 4) is 0 Å². The van der Waals surface area contributed by atoms with Gasteiger partial charge in [0.25, 0.3) is 0 Å². The molecule has 0 aliphatic rings. The quantitative estimate of drug-likeness (QED) is 0.315. The Hall–Kier alpha value is 0.930. The smallest absolute Gasteiger partial charge is 0.0298 e. The molecule has 0 aromatic carbocycles. The maximum atomic E-state index is 7.08. The van der Waals surface area contributed by atoms with E-state index in [0.29, 0.717) is 0 Å². The molecule has 0 aliphatic heterocycles. The Kier molecular flexibility index (Phi) is 38.2. The number of nitrogens with zero attached hydrogens (tertiary/aromatic N) is 1. The third kappa shape index (κ3) is 48.9. The first-order valence-corrected chi connectivity index (χ1v) is 6.94. The van der Waals surface area contributed by atoms with E-state index in [9.17, 15) is 0 Å². The van der Waals surface area contributed by atoms with Crippen LogP contribution < -0.4 is 0 Å². The summed E-state index contributed by atoms with van der Waals surface area (Å²) in [5, 5.41) is 9.33. The van der Waals surface area contributed by atoms with E-state index in [2.05, 4.69) is 49.1 Å². The molecular formula is CH3I2NO. The Morgan fingerprint density at radius 1 is 1.60 bits per heavy atom. The molecular weight excluding hydrogens is 296 g/mol. The summed E-state index contributed by atoms with van der Waals surface area (Å²) in [6.07, 6.45) is 0. The molecule has 4 heteroatoms. The van der Waals surface area contributed by atoms with E-state index in [0.717, 1.165) is 0 Å². The van der Waals surface area contributed by atoms with Gasteiger partial charge in [-0.1, -0.05) is 0 Å².